The number of amides is 1. The van der Waals surface area contributed by atoms with Crippen molar-refractivity contribution in [3.63, 3.8) is 0 Å². The maximum absolute atomic E-state index is 12.0. The quantitative estimate of drug-likeness (QED) is 0.792. The zero-order valence-corrected chi connectivity index (χ0v) is 14.8. The van der Waals surface area contributed by atoms with Crippen LogP contribution in [0, 0.1) is 5.41 Å². The molecule has 2 rings (SSSR count). The van der Waals surface area contributed by atoms with Crippen molar-refractivity contribution in [2.75, 3.05) is 11.9 Å². The Hall–Kier alpha value is -2.30. The predicted molar refractivity (Wildman–Crippen MR) is 96.1 cm³/mol. The van der Waals surface area contributed by atoms with Crippen molar-refractivity contribution in [2.24, 2.45) is 5.41 Å². The van der Waals surface area contributed by atoms with Gasteiger partial charge in [-0.3, -0.25) is 9.48 Å². The predicted octanol–water partition coefficient (Wildman–Crippen LogP) is 4.12. The molecule has 1 aromatic heterocycles. The van der Waals surface area contributed by atoms with Crippen LogP contribution < -0.4 is 10.1 Å². The monoisotopic (exact) mass is 329 g/mol. The Bertz CT molecular complexity index is 630. The summed E-state index contributed by atoms with van der Waals surface area (Å²) < 4.78 is 7.54. The van der Waals surface area contributed by atoms with E-state index in [4.69, 9.17) is 4.74 Å². The highest BCUT2D eigenvalue weighted by Gasteiger charge is 2.11. The topological polar surface area (TPSA) is 56.1 Å². The van der Waals surface area contributed by atoms with Gasteiger partial charge in [0, 0.05) is 30.6 Å². The van der Waals surface area contributed by atoms with Crippen LogP contribution in [0.4, 0.5) is 5.69 Å². The van der Waals surface area contributed by atoms with Crippen molar-refractivity contribution >= 4 is 11.6 Å². The summed E-state index contributed by atoms with van der Waals surface area (Å²) >= 11 is 0. The first kappa shape index (κ1) is 18.0. The first-order valence-electron chi connectivity index (χ1n) is 8.42. The molecule has 24 heavy (non-hydrogen) atoms. The Labute approximate surface area is 144 Å². The van der Waals surface area contributed by atoms with E-state index >= 15 is 0 Å². The van der Waals surface area contributed by atoms with Gasteiger partial charge in [-0.05, 0) is 36.5 Å². The third-order valence-electron chi connectivity index (χ3n) is 3.60. The van der Waals surface area contributed by atoms with E-state index in [0.29, 0.717) is 19.6 Å². The Kier molecular flexibility index (Phi) is 6.41. The smallest absolute Gasteiger partial charge is 0.224 e. The molecule has 1 aromatic carbocycles. The molecule has 0 radical (unpaired) electrons. The summed E-state index contributed by atoms with van der Waals surface area (Å²) in [5.41, 5.74) is 1.04. The van der Waals surface area contributed by atoms with Gasteiger partial charge < -0.3 is 10.1 Å². The third-order valence-corrected chi connectivity index (χ3v) is 3.60. The minimum atomic E-state index is 0.0490. The SMILES string of the molecule is CC(C)(C)CCCC(=O)Nc1cccc(OCCn2cccn2)c1. The third kappa shape index (κ3) is 6.86. The number of hydrogen-bond donors (Lipinski definition) is 1. The van der Waals surface area contributed by atoms with E-state index in [1.807, 2.05) is 41.2 Å². The molecule has 130 valence electrons. The molecule has 0 spiro atoms. The second kappa shape index (κ2) is 8.52. The summed E-state index contributed by atoms with van der Waals surface area (Å²) in [6.45, 7) is 7.79. The van der Waals surface area contributed by atoms with Crippen LogP contribution in [0.15, 0.2) is 42.7 Å². The molecular formula is C19H27N3O2. The van der Waals surface area contributed by atoms with Gasteiger partial charge >= 0.3 is 0 Å². The van der Waals surface area contributed by atoms with E-state index in [1.54, 1.807) is 6.20 Å². The molecule has 0 saturated carbocycles. The second-order valence-electron chi connectivity index (χ2n) is 7.11. The Morgan fingerprint density at radius 3 is 2.83 bits per heavy atom. The second-order valence-corrected chi connectivity index (χ2v) is 7.11. The summed E-state index contributed by atoms with van der Waals surface area (Å²) in [6.07, 6.45) is 6.13. The average Bonchev–Trinajstić information content (AvgIpc) is 2.99. The zero-order chi connectivity index (χ0) is 17.4. The van der Waals surface area contributed by atoms with Crippen LogP contribution in [-0.2, 0) is 11.3 Å². The molecule has 0 atom stereocenters. The van der Waals surface area contributed by atoms with Crippen LogP contribution in [0.3, 0.4) is 0 Å². The molecule has 1 amide bonds. The fraction of sp³-hybridized carbons (Fsp3) is 0.474. The van der Waals surface area contributed by atoms with Gasteiger partial charge in [0.25, 0.3) is 0 Å². The first-order valence-corrected chi connectivity index (χ1v) is 8.42. The Morgan fingerprint density at radius 2 is 2.12 bits per heavy atom. The van der Waals surface area contributed by atoms with E-state index in [2.05, 4.69) is 31.2 Å². The van der Waals surface area contributed by atoms with E-state index in [0.717, 1.165) is 24.3 Å². The fourth-order valence-corrected chi connectivity index (χ4v) is 2.36. The fourth-order valence-electron chi connectivity index (χ4n) is 2.36. The maximum atomic E-state index is 12.0. The van der Waals surface area contributed by atoms with Crippen molar-refractivity contribution < 1.29 is 9.53 Å². The number of hydrogen-bond acceptors (Lipinski definition) is 3. The molecule has 0 unspecified atom stereocenters. The molecule has 1 heterocycles. The minimum Gasteiger partial charge on any atom is -0.492 e. The molecule has 0 fully saturated rings. The Morgan fingerprint density at radius 1 is 1.29 bits per heavy atom. The molecule has 0 aliphatic carbocycles. The van der Waals surface area contributed by atoms with Crippen molar-refractivity contribution in [3.8, 4) is 5.75 Å². The van der Waals surface area contributed by atoms with Gasteiger partial charge in [0.1, 0.15) is 12.4 Å². The number of nitrogens with one attached hydrogen (secondary N) is 1. The molecule has 2 aromatic rings. The van der Waals surface area contributed by atoms with Crippen molar-refractivity contribution in [3.05, 3.63) is 42.7 Å². The number of anilines is 1. The number of nitrogens with zero attached hydrogens (tertiary/aromatic N) is 2. The lowest BCUT2D eigenvalue weighted by molar-refractivity contribution is -0.116. The van der Waals surface area contributed by atoms with Crippen molar-refractivity contribution in [1.29, 1.82) is 0 Å². The normalized spacial score (nSPS) is 11.3. The molecule has 1 N–H and O–H groups in total. The number of rotatable bonds is 8. The van der Waals surface area contributed by atoms with Crippen molar-refractivity contribution in [2.45, 2.75) is 46.6 Å². The molecule has 5 heteroatoms. The van der Waals surface area contributed by atoms with Gasteiger partial charge in [-0.1, -0.05) is 26.8 Å². The van der Waals surface area contributed by atoms with Crippen LogP contribution in [0.25, 0.3) is 0 Å². The lowest BCUT2D eigenvalue weighted by Crippen LogP contribution is -2.13. The summed E-state index contributed by atoms with van der Waals surface area (Å²) in [5, 5.41) is 7.07. The standard InChI is InChI=1S/C19H27N3O2/c1-19(2,3)10-5-9-18(23)21-16-7-4-8-17(15-16)24-14-13-22-12-6-11-20-22/h4,6-8,11-12,15H,5,9-10,13-14H2,1-3H3,(H,21,23). The highest BCUT2D eigenvalue weighted by molar-refractivity contribution is 5.90. The highest BCUT2D eigenvalue weighted by Crippen LogP contribution is 2.22. The largest absolute Gasteiger partial charge is 0.492 e. The molecular weight excluding hydrogens is 302 g/mol. The first-order chi connectivity index (χ1) is 11.4. The van der Waals surface area contributed by atoms with Gasteiger partial charge in [-0.25, -0.2) is 0 Å². The lowest BCUT2D eigenvalue weighted by atomic mass is 9.90. The van der Waals surface area contributed by atoms with Gasteiger partial charge in [-0.2, -0.15) is 5.10 Å². The van der Waals surface area contributed by atoms with Crippen LogP contribution in [0.1, 0.15) is 40.0 Å². The summed E-state index contributed by atoms with van der Waals surface area (Å²) in [4.78, 5) is 12.0. The minimum absolute atomic E-state index is 0.0490. The summed E-state index contributed by atoms with van der Waals surface area (Å²) in [7, 11) is 0. The maximum Gasteiger partial charge on any atom is 0.224 e. The number of aromatic nitrogens is 2. The lowest BCUT2D eigenvalue weighted by Gasteiger charge is -2.17. The van der Waals surface area contributed by atoms with Crippen LogP contribution in [-0.4, -0.2) is 22.3 Å². The van der Waals surface area contributed by atoms with Crippen LogP contribution >= 0.6 is 0 Å². The number of carbonyl (C=O) groups excluding carboxylic acids is 1. The number of benzene rings is 1. The molecule has 0 saturated heterocycles. The van der Waals surface area contributed by atoms with E-state index in [1.165, 1.54) is 0 Å². The van der Waals surface area contributed by atoms with Crippen LogP contribution in [0.2, 0.25) is 0 Å². The highest BCUT2D eigenvalue weighted by atomic mass is 16.5. The van der Waals surface area contributed by atoms with Gasteiger partial charge in [0.05, 0.1) is 6.54 Å². The van der Waals surface area contributed by atoms with Crippen molar-refractivity contribution in [1.82, 2.24) is 9.78 Å². The molecule has 5 nitrogen and oxygen atoms in total. The summed E-state index contributed by atoms with van der Waals surface area (Å²) in [5.74, 6) is 0.794. The summed E-state index contributed by atoms with van der Waals surface area (Å²) in [6, 6.07) is 9.38. The number of ether oxygens (including phenoxy) is 1. The van der Waals surface area contributed by atoms with E-state index in [9.17, 15) is 4.79 Å². The number of carbonyl (C=O) groups is 1. The zero-order valence-electron chi connectivity index (χ0n) is 14.8. The van der Waals surface area contributed by atoms with Crippen LogP contribution in [0.5, 0.6) is 5.75 Å². The van der Waals surface area contributed by atoms with Gasteiger partial charge in [-0.15, -0.1) is 0 Å². The molecule has 0 bridgehead atoms. The van der Waals surface area contributed by atoms with Gasteiger partial charge in [0.15, 0.2) is 0 Å². The molecule has 0 aliphatic heterocycles. The Balaban J connectivity index is 1.76. The average molecular weight is 329 g/mol. The van der Waals surface area contributed by atoms with E-state index in [-0.39, 0.29) is 11.3 Å². The van der Waals surface area contributed by atoms with Gasteiger partial charge in [0.2, 0.25) is 5.91 Å². The molecule has 0 aliphatic rings. The van der Waals surface area contributed by atoms with E-state index < -0.39 is 0 Å².